The van der Waals surface area contributed by atoms with E-state index in [-0.39, 0.29) is 6.61 Å². The van der Waals surface area contributed by atoms with E-state index in [0.29, 0.717) is 0 Å². The number of ether oxygens (including phenoxy) is 10. The predicted molar refractivity (Wildman–Crippen MR) is 113 cm³/mol. The Morgan fingerprint density at radius 3 is 2.14 bits per heavy atom. The lowest BCUT2D eigenvalue weighted by Crippen LogP contribution is -2.61. The van der Waals surface area contributed by atoms with Gasteiger partial charge in [0.1, 0.15) is 24.9 Å². The van der Waals surface area contributed by atoms with E-state index in [2.05, 4.69) is 0 Å². The largest absolute Gasteiger partial charge is 0.467 e. The first-order valence-corrected chi connectivity index (χ1v) is 11.2. The van der Waals surface area contributed by atoms with Gasteiger partial charge in [-0.25, -0.2) is 4.79 Å². The summed E-state index contributed by atoms with van der Waals surface area (Å²) in [5.41, 5.74) is -1.69. The molecule has 204 valence electrons. The van der Waals surface area contributed by atoms with Crippen LogP contribution < -0.4 is 0 Å². The van der Waals surface area contributed by atoms with Crippen molar-refractivity contribution >= 4 is 23.9 Å². The summed E-state index contributed by atoms with van der Waals surface area (Å²) in [5.74, 6) is -3.92. The molecule has 3 aliphatic heterocycles. The van der Waals surface area contributed by atoms with Gasteiger partial charge in [-0.15, -0.1) is 0 Å². The van der Waals surface area contributed by atoms with Gasteiger partial charge in [-0.2, -0.15) is 0 Å². The molecular formula is C22H32O14. The molecule has 3 fully saturated rings. The molecule has 0 aliphatic carbocycles. The standard InChI is InChI=1S/C22H32O14/c1-10(23)29-8-22(34-12(3)25)9-30-20(17(22)31-11(2)24)33-16-14-13(35-21(4,5)36-14)15(18(26)27-6)32-19(16)28-7/h13-17,19-20H,8-9H2,1-7H3/t13-,14+,15+,16-,17+,19+,20+,22-/m1/s1. The van der Waals surface area contributed by atoms with Crippen LogP contribution in [0.3, 0.4) is 0 Å². The average Bonchev–Trinajstić information content (AvgIpc) is 3.28. The van der Waals surface area contributed by atoms with Crippen LogP contribution in [0.4, 0.5) is 0 Å². The number of hydrogen-bond donors (Lipinski definition) is 0. The molecule has 0 spiro atoms. The molecule has 0 bridgehead atoms. The van der Waals surface area contributed by atoms with Crippen molar-refractivity contribution in [2.45, 2.75) is 89.1 Å². The van der Waals surface area contributed by atoms with Crippen LogP contribution in [0, 0.1) is 0 Å². The molecule has 0 radical (unpaired) electrons. The third kappa shape index (κ3) is 5.95. The van der Waals surface area contributed by atoms with Crippen molar-refractivity contribution in [3.8, 4) is 0 Å². The van der Waals surface area contributed by atoms with E-state index in [4.69, 9.17) is 47.4 Å². The summed E-state index contributed by atoms with van der Waals surface area (Å²) < 4.78 is 55.8. The smallest absolute Gasteiger partial charge is 0.337 e. The number of carbonyl (C=O) groups excluding carboxylic acids is 4. The SMILES string of the molecule is COC(=O)[C@H]1O[C@H](OC)[C@H](O[C@@H]2OC[C@@](COC(C)=O)(OC(C)=O)[C@H]2OC(C)=O)[C@H]2OC(C)(C)O[C@H]21. The second-order valence-electron chi connectivity index (χ2n) is 9.00. The van der Waals surface area contributed by atoms with Crippen LogP contribution in [0.25, 0.3) is 0 Å². The molecule has 0 N–H and O–H groups in total. The summed E-state index contributed by atoms with van der Waals surface area (Å²) in [6.45, 7) is 5.98. The lowest BCUT2D eigenvalue weighted by molar-refractivity contribution is -0.312. The van der Waals surface area contributed by atoms with E-state index < -0.39 is 85.0 Å². The fraction of sp³-hybridized carbons (Fsp3) is 0.818. The summed E-state index contributed by atoms with van der Waals surface area (Å²) in [4.78, 5) is 47.7. The Labute approximate surface area is 207 Å². The Balaban J connectivity index is 1.92. The Morgan fingerprint density at radius 2 is 1.58 bits per heavy atom. The zero-order valence-electron chi connectivity index (χ0n) is 21.2. The first kappa shape index (κ1) is 28.2. The zero-order chi connectivity index (χ0) is 26.8. The van der Waals surface area contributed by atoms with Crippen molar-refractivity contribution in [2.24, 2.45) is 0 Å². The first-order valence-electron chi connectivity index (χ1n) is 11.2. The molecule has 0 unspecified atom stereocenters. The van der Waals surface area contributed by atoms with E-state index in [0.717, 1.165) is 13.8 Å². The number of esters is 4. The van der Waals surface area contributed by atoms with Gasteiger partial charge < -0.3 is 47.4 Å². The monoisotopic (exact) mass is 520 g/mol. The Hall–Kier alpha value is -2.36. The molecule has 14 heteroatoms. The lowest BCUT2D eigenvalue weighted by atomic mass is 9.97. The lowest BCUT2D eigenvalue weighted by Gasteiger charge is -2.41. The van der Waals surface area contributed by atoms with Crippen LogP contribution in [-0.4, -0.2) is 106 Å². The molecule has 3 aliphatic rings. The molecule has 3 heterocycles. The molecule has 0 saturated carbocycles. The summed E-state index contributed by atoms with van der Waals surface area (Å²) in [7, 11) is 2.54. The van der Waals surface area contributed by atoms with Crippen LogP contribution in [0.1, 0.15) is 34.6 Å². The van der Waals surface area contributed by atoms with Crippen molar-refractivity contribution in [1.29, 1.82) is 0 Å². The van der Waals surface area contributed by atoms with Crippen molar-refractivity contribution in [3.05, 3.63) is 0 Å². The van der Waals surface area contributed by atoms with Crippen LogP contribution in [-0.2, 0) is 66.5 Å². The van der Waals surface area contributed by atoms with Crippen LogP contribution >= 0.6 is 0 Å². The number of hydrogen-bond acceptors (Lipinski definition) is 14. The summed E-state index contributed by atoms with van der Waals surface area (Å²) in [6.07, 6.45) is -7.91. The molecule has 36 heavy (non-hydrogen) atoms. The van der Waals surface area contributed by atoms with Gasteiger partial charge in [-0.1, -0.05) is 0 Å². The third-order valence-electron chi connectivity index (χ3n) is 5.71. The molecule has 0 aromatic rings. The minimum absolute atomic E-state index is 0.324. The molecule has 0 amide bonds. The fourth-order valence-electron chi connectivity index (χ4n) is 4.40. The van der Waals surface area contributed by atoms with Gasteiger partial charge >= 0.3 is 23.9 Å². The van der Waals surface area contributed by atoms with Gasteiger partial charge in [-0.05, 0) is 13.8 Å². The fourth-order valence-corrected chi connectivity index (χ4v) is 4.40. The van der Waals surface area contributed by atoms with E-state index in [1.54, 1.807) is 13.8 Å². The van der Waals surface area contributed by atoms with E-state index in [1.807, 2.05) is 0 Å². The molecule has 0 aromatic heterocycles. The molecule has 3 saturated heterocycles. The summed E-state index contributed by atoms with van der Waals surface area (Å²) in [6, 6.07) is 0. The quantitative estimate of drug-likeness (QED) is 0.300. The highest BCUT2D eigenvalue weighted by atomic mass is 16.8. The predicted octanol–water partition coefficient (Wildman–Crippen LogP) is -0.411. The second-order valence-corrected chi connectivity index (χ2v) is 9.00. The Morgan fingerprint density at radius 1 is 0.917 bits per heavy atom. The maximum atomic E-state index is 12.4. The van der Waals surface area contributed by atoms with Gasteiger partial charge in [0.15, 0.2) is 30.6 Å². The highest BCUT2D eigenvalue weighted by Gasteiger charge is 2.62. The minimum atomic E-state index is -1.69. The molecule has 3 rings (SSSR count). The highest BCUT2D eigenvalue weighted by Crippen LogP contribution is 2.41. The van der Waals surface area contributed by atoms with Crippen molar-refractivity contribution in [1.82, 2.24) is 0 Å². The van der Waals surface area contributed by atoms with Gasteiger partial charge in [0.05, 0.1) is 13.7 Å². The van der Waals surface area contributed by atoms with Crippen molar-refractivity contribution in [2.75, 3.05) is 27.4 Å². The van der Waals surface area contributed by atoms with Gasteiger partial charge in [0.2, 0.25) is 5.60 Å². The van der Waals surface area contributed by atoms with E-state index >= 15 is 0 Å². The van der Waals surface area contributed by atoms with Crippen LogP contribution in [0.2, 0.25) is 0 Å². The third-order valence-corrected chi connectivity index (χ3v) is 5.71. The molecule has 8 atom stereocenters. The Kier molecular flexibility index (Phi) is 8.58. The zero-order valence-corrected chi connectivity index (χ0v) is 21.2. The van der Waals surface area contributed by atoms with Crippen molar-refractivity contribution in [3.63, 3.8) is 0 Å². The highest BCUT2D eigenvalue weighted by molar-refractivity contribution is 5.75. The van der Waals surface area contributed by atoms with Gasteiger partial charge in [-0.3, -0.25) is 14.4 Å². The van der Waals surface area contributed by atoms with Gasteiger partial charge in [0.25, 0.3) is 0 Å². The van der Waals surface area contributed by atoms with E-state index in [1.165, 1.54) is 21.1 Å². The normalized spacial score (nSPS) is 37.0. The number of fused-ring (bicyclic) bond motifs is 1. The molecular weight excluding hydrogens is 488 g/mol. The number of rotatable bonds is 8. The second kappa shape index (κ2) is 10.9. The summed E-state index contributed by atoms with van der Waals surface area (Å²) in [5, 5.41) is 0. The van der Waals surface area contributed by atoms with Crippen molar-refractivity contribution < 1.29 is 66.5 Å². The molecule has 0 aromatic carbocycles. The number of carbonyl (C=O) groups is 4. The molecule has 14 nitrogen and oxygen atoms in total. The number of methoxy groups -OCH3 is 2. The van der Waals surface area contributed by atoms with Crippen LogP contribution in [0.15, 0.2) is 0 Å². The summed E-state index contributed by atoms with van der Waals surface area (Å²) >= 11 is 0. The van der Waals surface area contributed by atoms with Gasteiger partial charge in [0, 0.05) is 27.9 Å². The maximum absolute atomic E-state index is 12.4. The Bertz CT molecular complexity index is 858. The minimum Gasteiger partial charge on any atom is -0.467 e. The van der Waals surface area contributed by atoms with Crippen LogP contribution in [0.5, 0.6) is 0 Å². The maximum Gasteiger partial charge on any atom is 0.337 e. The van der Waals surface area contributed by atoms with E-state index in [9.17, 15) is 19.2 Å². The first-order chi connectivity index (χ1) is 16.8. The average molecular weight is 520 g/mol. The topological polar surface area (TPSA) is 161 Å².